The highest BCUT2D eigenvalue weighted by atomic mass is 32.2. The molecule has 176 valence electrons. The van der Waals surface area contributed by atoms with E-state index in [1.165, 1.54) is 12.1 Å². The van der Waals surface area contributed by atoms with Crippen LogP contribution in [-0.2, 0) is 31.1 Å². The second-order valence-electron chi connectivity index (χ2n) is 8.48. The number of carbonyl (C=O) groups is 2. The van der Waals surface area contributed by atoms with Gasteiger partial charge in [-0.25, -0.2) is 4.79 Å². The summed E-state index contributed by atoms with van der Waals surface area (Å²) in [5.74, 6) is -0.415. The van der Waals surface area contributed by atoms with Crippen LogP contribution in [0.1, 0.15) is 30.4 Å². The highest BCUT2D eigenvalue weighted by Crippen LogP contribution is 2.59. The third kappa shape index (κ3) is 4.65. The largest absolute Gasteiger partial charge is 0.459 e. The van der Waals surface area contributed by atoms with E-state index < -0.39 is 22.2 Å². The first-order valence-corrected chi connectivity index (χ1v) is 12.9. The summed E-state index contributed by atoms with van der Waals surface area (Å²) in [6, 6.07) is 14.6. The molecule has 1 saturated carbocycles. The Morgan fingerprint density at radius 1 is 1.18 bits per heavy atom. The van der Waals surface area contributed by atoms with Crippen molar-refractivity contribution in [2.24, 2.45) is 5.73 Å². The fourth-order valence-corrected chi connectivity index (χ4v) is 6.66. The van der Waals surface area contributed by atoms with Crippen LogP contribution in [-0.4, -0.2) is 52.0 Å². The van der Waals surface area contributed by atoms with E-state index in [1.807, 2.05) is 37.3 Å². The van der Waals surface area contributed by atoms with Crippen molar-refractivity contribution < 1.29 is 27.3 Å². The molecule has 0 radical (unpaired) electrons. The standard InChI is InChI=1S/C16H18N2O3S.C7H8O3S/c17-11-13(19)18-12(16(7-4-8-16)22-14(11)18)15(20)21-9-10-5-2-1-3-6-10;1-6-2-4-7(5-3-6)11(8,9)10/h1-3,5-6,11-12,14H,4,7-9,17H2;2-5H,1H3,(H,8,9,10)/t11?,12?,14-;/m1./s1. The molecule has 0 aromatic heterocycles. The molecule has 3 aliphatic rings. The third-order valence-corrected chi connectivity index (χ3v) is 8.95. The maximum atomic E-state index is 12.6. The van der Waals surface area contributed by atoms with Gasteiger partial charge >= 0.3 is 5.97 Å². The number of ether oxygens (including phenoxy) is 1. The summed E-state index contributed by atoms with van der Waals surface area (Å²) in [5, 5.41) is -0.0536. The molecule has 1 spiro atoms. The van der Waals surface area contributed by atoms with Gasteiger partial charge in [-0.1, -0.05) is 54.4 Å². The Hall–Kier alpha value is -2.40. The number of esters is 1. The molecule has 3 atom stereocenters. The molecule has 33 heavy (non-hydrogen) atoms. The van der Waals surface area contributed by atoms with Gasteiger partial charge in [0.15, 0.2) is 0 Å². The minimum Gasteiger partial charge on any atom is -0.459 e. The Labute approximate surface area is 197 Å². The normalized spacial score (nSPS) is 24.8. The number of carbonyl (C=O) groups excluding carboxylic acids is 2. The van der Waals surface area contributed by atoms with Crippen molar-refractivity contribution in [3.8, 4) is 0 Å². The molecule has 5 rings (SSSR count). The number of benzene rings is 2. The first-order chi connectivity index (χ1) is 15.6. The summed E-state index contributed by atoms with van der Waals surface area (Å²) in [4.78, 5) is 26.2. The molecule has 2 unspecified atom stereocenters. The number of nitrogens with zero attached hydrogens (tertiary/aromatic N) is 1. The van der Waals surface area contributed by atoms with E-state index >= 15 is 0 Å². The van der Waals surface area contributed by atoms with Gasteiger partial charge in [-0.3, -0.25) is 9.35 Å². The van der Waals surface area contributed by atoms with Crippen LogP contribution < -0.4 is 5.73 Å². The molecule has 2 aromatic carbocycles. The summed E-state index contributed by atoms with van der Waals surface area (Å²) >= 11 is 1.70. The van der Waals surface area contributed by atoms with Crippen molar-refractivity contribution >= 4 is 33.8 Å². The van der Waals surface area contributed by atoms with E-state index in [2.05, 4.69) is 0 Å². The fraction of sp³-hybridized carbons (Fsp3) is 0.391. The number of β-lactam (4-membered cyclic amide) rings is 1. The van der Waals surface area contributed by atoms with Gasteiger partial charge in [0, 0.05) is 4.75 Å². The molecular weight excluding hydrogens is 464 g/mol. The molecule has 2 aliphatic heterocycles. The number of nitrogens with two attached hydrogens (primary N) is 1. The zero-order valence-corrected chi connectivity index (χ0v) is 19.7. The monoisotopic (exact) mass is 490 g/mol. The lowest BCUT2D eigenvalue weighted by Gasteiger charge is -2.44. The summed E-state index contributed by atoms with van der Waals surface area (Å²) in [6.07, 6.45) is 3.00. The van der Waals surface area contributed by atoms with Crippen molar-refractivity contribution in [2.75, 3.05) is 0 Å². The van der Waals surface area contributed by atoms with Crippen LogP contribution in [0.25, 0.3) is 0 Å². The van der Waals surface area contributed by atoms with Crippen LogP contribution in [0.5, 0.6) is 0 Å². The lowest BCUT2D eigenvalue weighted by atomic mass is 9.77. The maximum absolute atomic E-state index is 12.6. The van der Waals surface area contributed by atoms with Crippen LogP contribution in [0.3, 0.4) is 0 Å². The second kappa shape index (κ2) is 9.09. The molecule has 2 heterocycles. The van der Waals surface area contributed by atoms with E-state index in [0.717, 1.165) is 30.4 Å². The molecule has 2 saturated heterocycles. The summed E-state index contributed by atoms with van der Waals surface area (Å²) in [7, 11) is -4.02. The Bertz CT molecular complexity index is 1130. The van der Waals surface area contributed by atoms with Gasteiger partial charge in [0.25, 0.3) is 10.1 Å². The van der Waals surface area contributed by atoms with Gasteiger partial charge in [0.2, 0.25) is 5.91 Å². The first-order valence-electron chi connectivity index (χ1n) is 10.6. The number of aryl methyl sites for hydroxylation is 1. The second-order valence-corrected chi connectivity index (χ2v) is 11.4. The van der Waals surface area contributed by atoms with Gasteiger partial charge in [-0.2, -0.15) is 8.42 Å². The van der Waals surface area contributed by atoms with E-state index in [0.29, 0.717) is 0 Å². The summed E-state index contributed by atoms with van der Waals surface area (Å²) in [5.41, 5.74) is 7.78. The molecule has 3 N–H and O–H groups in total. The van der Waals surface area contributed by atoms with Crippen molar-refractivity contribution in [2.45, 2.75) is 59.9 Å². The number of rotatable bonds is 4. The van der Waals surface area contributed by atoms with Crippen molar-refractivity contribution in [3.05, 3.63) is 65.7 Å². The molecule has 2 aromatic rings. The number of thioether (sulfide) groups is 1. The smallest absolute Gasteiger partial charge is 0.330 e. The average Bonchev–Trinajstić information content (AvgIpc) is 3.11. The average molecular weight is 491 g/mol. The lowest BCUT2D eigenvalue weighted by Crippen LogP contribution is -2.69. The highest BCUT2D eigenvalue weighted by molar-refractivity contribution is 8.01. The van der Waals surface area contributed by atoms with Crippen LogP contribution in [0.15, 0.2) is 59.5 Å². The fourth-order valence-electron chi connectivity index (χ4n) is 4.24. The summed E-state index contributed by atoms with van der Waals surface area (Å²) < 4.78 is 34.9. The topological polar surface area (TPSA) is 127 Å². The Balaban J connectivity index is 0.000000200. The minimum atomic E-state index is -4.02. The number of fused-ring (bicyclic) bond motifs is 1. The first kappa shape index (κ1) is 23.7. The van der Waals surface area contributed by atoms with Gasteiger partial charge in [-0.05, 0) is 37.5 Å². The zero-order valence-electron chi connectivity index (χ0n) is 18.1. The van der Waals surface area contributed by atoms with Crippen LogP contribution in [0.2, 0.25) is 0 Å². The molecule has 8 nitrogen and oxygen atoms in total. The number of hydrogen-bond acceptors (Lipinski definition) is 7. The van der Waals surface area contributed by atoms with Crippen molar-refractivity contribution in [1.82, 2.24) is 4.90 Å². The highest BCUT2D eigenvalue weighted by Gasteiger charge is 2.67. The number of hydrogen-bond donors (Lipinski definition) is 2. The Kier molecular flexibility index (Phi) is 6.54. The molecule has 3 fully saturated rings. The van der Waals surface area contributed by atoms with Crippen LogP contribution in [0, 0.1) is 6.92 Å². The van der Waals surface area contributed by atoms with Gasteiger partial charge < -0.3 is 15.4 Å². The van der Waals surface area contributed by atoms with Crippen LogP contribution in [0.4, 0.5) is 0 Å². The van der Waals surface area contributed by atoms with E-state index in [4.69, 9.17) is 15.0 Å². The van der Waals surface area contributed by atoms with E-state index in [-0.39, 0.29) is 33.5 Å². The van der Waals surface area contributed by atoms with Gasteiger partial charge in [0.05, 0.1) is 4.90 Å². The van der Waals surface area contributed by atoms with Gasteiger partial charge in [-0.15, -0.1) is 11.8 Å². The van der Waals surface area contributed by atoms with Crippen molar-refractivity contribution in [3.63, 3.8) is 0 Å². The van der Waals surface area contributed by atoms with E-state index in [9.17, 15) is 18.0 Å². The van der Waals surface area contributed by atoms with Crippen molar-refractivity contribution in [1.29, 1.82) is 0 Å². The van der Waals surface area contributed by atoms with Crippen LogP contribution >= 0.6 is 11.8 Å². The van der Waals surface area contributed by atoms with Gasteiger partial charge in [0.1, 0.15) is 24.1 Å². The molecular formula is C23H26N2O6S2. The quantitative estimate of drug-likeness (QED) is 0.380. The predicted octanol–water partition coefficient (Wildman–Crippen LogP) is 2.51. The van der Waals surface area contributed by atoms with E-state index in [1.54, 1.807) is 28.8 Å². The summed E-state index contributed by atoms with van der Waals surface area (Å²) in [6.45, 7) is 2.09. The Morgan fingerprint density at radius 3 is 2.36 bits per heavy atom. The third-order valence-electron chi connectivity index (χ3n) is 6.22. The minimum absolute atomic E-state index is 0.0536. The lowest BCUT2D eigenvalue weighted by molar-refractivity contribution is -0.165. The molecule has 0 bridgehead atoms. The SMILES string of the molecule is Cc1ccc(S(=O)(=O)O)cc1.NC1C(=O)N2C(C(=O)OCc3ccccc3)C3(CCC3)S[C@H]12. The molecule has 10 heteroatoms. The molecule has 1 amide bonds. The predicted molar refractivity (Wildman–Crippen MR) is 124 cm³/mol. The molecule has 1 aliphatic carbocycles. The maximum Gasteiger partial charge on any atom is 0.330 e. The zero-order chi connectivity index (χ0) is 23.8. The number of amides is 1. The Morgan fingerprint density at radius 2 is 1.82 bits per heavy atom.